The Morgan fingerprint density at radius 3 is 2.63 bits per heavy atom. The summed E-state index contributed by atoms with van der Waals surface area (Å²) in [6, 6.07) is 12.2. The SMILES string of the molecule is N#Cc1ccc(N2CCN(C(=O)CC=COC[C@H]3c4ccccc4CN3c3cn[nH]c(=O)c3C(F)(F)F)CC2)nc1. The summed E-state index contributed by atoms with van der Waals surface area (Å²) in [4.78, 5) is 34.3. The van der Waals surface area contributed by atoms with E-state index in [0.29, 0.717) is 31.7 Å². The summed E-state index contributed by atoms with van der Waals surface area (Å²) in [6.07, 6.45) is 0.737. The lowest BCUT2D eigenvalue weighted by atomic mass is 10.1. The number of alkyl halides is 3. The van der Waals surface area contributed by atoms with Gasteiger partial charge in [-0.2, -0.15) is 23.5 Å². The van der Waals surface area contributed by atoms with Gasteiger partial charge < -0.3 is 19.4 Å². The Bertz CT molecular complexity index is 1520. The number of rotatable bonds is 7. The van der Waals surface area contributed by atoms with Gasteiger partial charge in [0.1, 0.15) is 24.1 Å². The molecule has 0 aliphatic carbocycles. The maximum Gasteiger partial charge on any atom is 0.423 e. The monoisotopic (exact) mass is 565 g/mol. The zero-order valence-corrected chi connectivity index (χ0v) is 21.8. The molecular formula is C28H26F3N7O3. The number of hydrogen-bond donors (Lipinski definition) is 1. The van der Waals surface area contributed by atoms with E-state index in [0.717, 1.165) is 23.1 Å². The van der Waals surface area contributed by atoms with Crippen LogP contribution in [0.1, 0.15) is 34.7 Å². The van der Waals surface area contributed by atoms with E-state index < -0.39 is 23.3 Å². The van der Waals surface area contributed by atoms with Gasteiger partial charge in [0.25, 0.3) is 5.56 Å². The molecule has 2 aromatic heterocycles. The number of benzene rings is 1. The molecule has 1 aromatic carbocycles. The number of pyridine rings is 1. The average molecular weight is 566 g/mol. The number of ether oxygens (including phenoxy) is 1. The number of nitrogens with one attached hydrogen (secondary N) is 1. The van der Waals surface area contributed by atoms with Crippen molar-refractivity contribution < 1.29 is 22.7 Å². The molecule has 1 N–H and O–H groups in total. The number of carbonyl (C=O) groups is 1. The molecule has 10 nitrogen and oxygen atoms in total. The number of fused-ring (bicyclic) bond motifs is 1. The van der Waals surface area contributed by atoms with Crippen LogP contribution in [0.5, 0.6) is 0 Å². The Morgan fingerprint density at radius 1 is 1.15 bits per heavy atom. The Balaban J connectivity index is 1.18. The van der Waals surface area contributed by atoms with Gasteiger partial charge in [-0.1, -0.05) is 24.3 Å². The van der Waals surface area contributed by atoms with E-state index in [1.807, 2.05) is 23.3 Å². The first-order valence-corrected chi connectivity index (χ1v) is 12.9. The van der Waals surface area contributed by atoms with Gasteiger partial charge in [-0.05, 0) is 29.3 Å². The molecule has 4 heterocycles. The van der Waals surface area contributed by atoms with Gasteiger partial charge >= 0.3 is 6.18 Å². The summed E-state index contributed by atoms with van der Waals surface area (Å²) in [7, 11) is 0. The molecule has 3 aromatic rings. The normalized spacial score (nSPS) is 17.0. The van der Waals surface area contributed by atoms with Gasteiger partial charge in [0, 0.05) is 45.3 Å². The van der Waals surface area contributed by atoms with Crippen LogP contribution in [-0.2, 0) is 22.3 Å². The first-order chi connectivity index (χ1) is 19.8. The molecule has 0 radical (unpaired) electrons. The third-order valence-corrected chi connectivity index (χ3v) is 7.13. The van der Waals surface area contributed by atoms with Crippen LogP contribution in [0.15, 0.2) is 65.9 Å². The Morgan fingerprint density at radius 2 is 1.93 bits per heavy atom. The van der Waals surface area contributed by atoms with Crippen molar-refractivity contribution >= 4 is 17.4 Å². The van der Waals surface area contributed by atoms with Gasteiger partial charge in [0.15, 0.2) is 0 Å². The summed E-state index contributed by atoms with van der Waals surface area (Å²) in [5.74, 6) is 0.680. The van der Waals surface area contributed by atoms with Crippen molar-refractivity contribution in [3.63, 3.8) is 0 Å². The summed E-state index contributed by atoms with van der Waals surface area (Å²) < 4.78 is 47.0. The maximum absolute atomic E-state index is 13.8. The molecule has 0 unspecified atom stereocenters. The van der Waals surface area contributed by atoms with Crippen molar-refractivity contribution in [2.75, 3.05) is 42.6 Å². The van der Waals surface area contributed by atoms with E-state index in [2.05, 4.69) is 15.0 Å². The summed E-state index contributed by atoms with van der Waals surface area (Å²) >= 11 is 0. The van der Waals surface area contributed by atoms with E-state index in [9.17, 15) is 22.8 Å². The van der Waals surface area contributed by atoms with E-state index in [1.54, 1.807) is 35.2 Å². The third-order valence-electron chi connectivity index (χ3n) is 7.13. The number of piperazine rings is 1. The largest absolute Gasteiger partial charge is 0.499 e. The number of nitrogens with zero attached hydrogens (tertiary/aromatic N) is 6. The summed E-state index contributed by atoms with van der Waals surface area (Å²) in [6.45, 7) is 2.42. The molecular weight excluding hydrogens is 539 g/mol. The van der Waals surface area contributed by atoms with Crippen LogP contribution in [0, 0.1) is 11.3 Å². The topological polar surface area (TPSA) is 118 Å². The number of hydrogen-bond acceptors (Lipinski definition) is 8. The van der Waals surface area contributed by atoms with Crippen LogP contribution in [0.4, 0.5) is 24.7 Å². The number of aromatic amines is 1. The minimum absolute atomic E-state index is 0.00205. The molecule has 13 heteroatoms. The number of halogens is 3. The lowest BCUT2D eigenvalue weighted by Crippen LogP contribution is -2.48. The molecule has 1 saturated heterocycles. The molecule has 1 fully saturated rings. The van der Waals surface area contributed by atoms with E-state index >= 15 is 0 Å². The number of aromatic nitrogens is 3. The Kier molecular flexibility index (Phi) is 7.91. The molecule has 212 valence electrons. The fourth-order valence-electron chi connectivity index (χ4n) is 5.10. The number of amides is 1. The smallest absolute Gasteiger partial charge is 0.423 e. The van der Waals surface area contributed by atoms with Crippen molar-refractivity contribution in [2.45, 2.75) is 25.2 Å². The predicted octanol–water partition coefficient (Wildman–Crippen LogP) is 3.39. The molecule has 2 aliphatic heterocycles. The zero-order valence-electron chi connectivity index (χ0n) is 21.8. The van der Waals surface area contributed by atoms with Crippen molar-refractivity contribution in [1.82, 2.24) is 20.1 Å². The molecule has 41 heavy (non-hydrogen) atoms. The lowest BCUT2D eigenvalue weighted by Gasteiger charge is -2.35. The van der Waals surface area contributed by atoms with E-state index in [1.165, 1.54) is 17.4 Å². The van der Waals surface area contributed by atoms with Gasteiger partial charge in [-0.25, -0.2) is 10.1 Å². The second-order valence-electron chi connectivity index (χ2n) is 9.59. The van der Waals surface area contributed by atoms with Gasteiger partial charge in [-0.3, -0.25) is 9.59 Å². The van der Waals surface area contributed by atoms with Gasteiger partial charge in [0.05, 0.1) is 29.8 Å². The average Bonchev–Trinajstić information content (AvgIpc) is 3.34. The van der Waals surface area contributed by atoms with Crippen molar-refractivity contribution in [3.05, 3.63) is 93.7 Å². The Hall–Kier alpha value is -4.86. The van der Waals surface area contributed by atoms with Crippen molar-refractivity contribution in [1.29, 1.82) is 5.26 Å². The molecule has 2 aliphatic rings. The number of nitriles is 1. The highest BCUT2D eigenvalue weighted by atomic mass is 19.4. The van der Waals surface area contributed by atoms with Gasteiger partial charge in [0.2, 0.25) is 5.91 Å². The predicted molar refractivity (Wildman–Crippen MR) is 143 cm³/mol. The standard InChI is InChI=1S/C28H26F3N7O3/c29-28(30,31)26-22(16-34-35-27(26)40)38-17-20-4-1-2-5-21(20)23(38)18-41-13-3-6-25(39)37-11-9-36(10-12-37)24-8-7-19(14-32)15-33-24/h1-5,7-8,13,15-16,23H,6,9-12,17-18H2,(H,35,40)/t23-/m0/s1. The van der Waals surface area contributed by atoms with E-state index in [4.69, 9.17) is 10.00 Å². The maximum atomic E-state index is 13.8. The van der Waals surface area contributed by atoms with Gasteiger partial charge in [-0.15, -0.1) is 0 Å². The molecule has 0 saturated carbocycles. The first-order valence-electron chi connectivity index (χ1n) is 12.9. The number of carbonyl (C=O) groups excluding carboxylic acids is 1. The minimum Gasteiger partial charge on any atom is -0.499 e. The second-order valence-corrected chi connectivity index (χ2v) is 9.59. The van der Waals surface area contributed by atoms with Crippen molar-refractivity contribution in [3.8, 4) is 6.07 Å². The van der Waals surface area contributed by atoms with Crippen LogP contribution in [0.3, 0.4) is 0 Å². The number of H-pyrrole nitrogens is 1. The van der Waals surface area contributed by atoms with Crippen molar-refractivity contribution in [2.24, 2.45) is 0 Å². The summed E-state index contributed by atoms with van der Waals surface area (Å²) in [5, 5.41) is 14.4. The third kappa shape index (κ3) is 6.01. The fraction of sp³-hybridized carbons (Fsp3) is 0.321. The molecule has 5 rings (SSSR count). The van der Waals surface area contributed by atoms with E-state index in [-0.39, 0.29) is 31.2 Å². The molecule has 1 amide bonds. The van der Waals surface area contributed by atoms with Crippen LogP contribution < -0.4 is 15.4 Å². The highest BCUT2D eigenvalue weighted by molar-refractivity contribution is 5.78. The van der Waals surface area contributed by atoms with Crippen LogP contribution in [0.25, 0.3) is 0 Å². The highest BCUT2D eigenvalue weighted by Gasteiger charge is 2.42. The molecule has 0 spiro atoms. The number of anilines is 2. The van der Waals surface area contributed by atoms with Crippen LogP contribution >= 0.6 is 0 Å². The molecule has 1 atom stereocenters. The highest BCUT2D eigenvalue weighted by Crippen LogP contribution is 2.42. The van der Waals surface area contributed by atoms with Crippen LogP contribution in [0.2, 0.25) is 0 Å². The lowest BCUT2D eigenvalue weighted by molar-refractivity contribution is -0.138. The summed E-state index contributed by atoms with van der Waals surface area (Å²) in [5.41, 5.74) is -0.830. The second kappa shape index (κ2) is 11.7. The Labute approximate surface area is 233 Å². The minimum atomic E-state index is -4.86. The zero-order chi connectivity index (χ0) is 29.0. The molecule has 0 bridgehead atoms. The quantitative estimate of drug-likeness (QED) is 0.434. The van der Waals surface area contributed by atoms with Crippen LogP contribution in [-0.4, -0.2) is 58.8 Å². The fourth-order valence-corrected chi connectivity index (χ4v) is 5.10. The first kappa shape index (κ1) is 27.7.